The van der Waals surface area contributed by atoms with Gasteiger partial charge in [0.05, 0.1) is 0 Å². The lowest BCUT2D eigenvalue weighted by molar-refractivity contribution is -0.120. The average Bonchev–Trinajstić information content (AvgIpc) is 2.95. The fourth-order valence-corrected chi connectivity index (χ4v) is 2.10. The topological polar surface area (TPSA) is 68.0 Å². The van der Waals surface area contributed by atoms with Gasteiger partial charge in [0.2, 0.25) is 5.91 Å². The molecule has 0 bridgehead atoms. The summed E-state index contributed by atoms with van der Waals surface area (Å²) in [6.07, 6.45) is 2.21. The Morgan fingerprint density at radius 3 is 3.05 bits per heavy atom. The van der Waals surface area contributed by atoms with Gasteiger partial charge >= 0.3 is 0 Å². The largest absolute Gasteiger partial charge is 0.352 e. The number of rotatable bonds is 7. The van der Waals surface area contributed by atoms with Crippen molar-refractivity contribution in [3.63, 3.8) is 0 Å². The summed E-state index contributed by atoms with van der Waals surface area (Å²) in [5.41, 5.74) is 1.86. The normalized spacial score (nSPS) is 10.6. The minimum absolute atomic E-state index is 0.00146. The van der Waals surface area contributed by atoms with Crippen LogP contribution in [0.15, 0.2) is 28.8 Å². The third-order valence-corrected chi connectivity index (χ3v) is 3.17. The van der Waals surface area contributed by atoms with E-state index in [0.29, 0.717) is 24.6 Å². The standard InChI is InChI=1S/C15H19N3O2S/c1-2-4-13-17-15(20-18-13)12-6-3-5-11(9-12)10-16-14(19)7-8-21/h3,5-6,9,21H,2,4,7-8,10H2,1H3,(H,16,19). The first-order chi connectivity index (χ1) is 10.2. The van der Waals surface area contributed by atoms with Crippen molar-refractivity contribution in [2.24, 2.45) is 0 Å². The van der Waals surface area contributed by atoms with Gasteiger partial charge in [0.15, 0.2) is 5.82 Å². The van der Waals surface area contributed by atoms with Crippen LogP contribution in [-0.2, 0) is 17.8 Å². The van der Waals surface area contributed by atoms with E-state index in [2.05, 4.69) is 35.0 Å². The highest BCUT2D eigenvalue weighted by atomic mass is 32.1. The number of hydrogen-bond acceptors (Lipinski definition) is 5. The van der Waals surface area contributed by atoms with Crippen molar-refractivity contribution < 1.29 is 9.32 Å². The molecule has 112 valence electrons. The molecule has 0 atom stereocenters. The summed E-state index contributed by atoms with van der Waals surface area (Å²) in [4.78, 5) is 15.8. The van der Waals surface area contributed by atoms with Crippen molar-refractivity contribution in [3.05, 3.63) is 35.7 Å². The minimum atomic E-state index is -0.00146. The quantitative estimate of drug-likeness (QED) is 0.772. The maximum atomic E-state index is 11.4. The van der Waals surface area contributed by atoms with Crippen LogP contribution in [0, 0.1) is 0 Å². The molecule has 0 fully saturated rings. The maximum Gasteiger partial charge on any atom is 0.257 e. The summed E-state index contributed by atoms with van der Waals surface area (Å²) >= 11 is 4.04. The molecule has 0 spiro atoms. The molecule has 0 unspecified atom stereocenters. The van der Waals surface area contributed by atoms with E-state index >= 15 is 0 Å². The molecular formula is C15H19N3O2S. The van der Waals surface area contributed by atoms with Crippen LogP contribution in [0.25, 0.3) is 11.5 Å². The lowest BCUT2D eigenvalue weighted by atomic mass is 10.1. The summed E-state index contributed by atoms with van der Waals surface area (Å²) in [5, 5.41) is 6.80. The number of aromatic nitrogens is 2. The van der Waals surface area contributed by atoms with Gasteiger partial charge in [-0.2, -0.15) is 17.6 Å². The molecule has 1 aromatic heterocycles. The Morgan fingerprint density at radius 1 is 1.43 bits per heavy atom. The van der Waals surface area contributed by atoms with E-state index in [1.165, 1.54) is 0 Å². The van der Waals surface area contributed by atoms with Gasteiger partial charge in [0.1, 0.15) is 0 Å². The number of carbonyl (C=O) groups excluding carboxylic acids is 1. The number of amides is 1. The van der Waals surface area contributed by atoms with Crippen LogP contribution in [0.4, 0.5) is 0 Å². The maximum absolute atomic E-state index is 11.4. The molecule has 0 radical (unpaired) electrons. The van der Waals surface area contributed by atoms with Crippen molar-refractivity contribution in [1.29, 1.82) is 0 Å². The van der Waals surface area contributed by atoms with Crippen molar-refractivity contribution >= 4 is 18.5 Å². The molecule has 0 saturated carbocycles. The zero-order valence-corrected chi connectivity index (χ0v) is 12.9. The Hall–Kier alpha value is -1.82. The molecule has 1 amide bonds. The van der Waals surface area contributed by atoms with E-state index in [4.69, 9.17) is 4.52 Å². The van der Waals surface area contributed by atoms with E-state index in [-0.39, 0.29) is 5.91 Å². The summed E-state index contributed by atoms with van der Waals surface area (Å²) < 4.78 is 5.26. The van der Waals surface area contributed by atoms with Crippen LogP contribution >= 0.6 is 12.6 Å². The molecule has 0 aliphatic rings. The number of carbonyl (C=O) groups is 1. The van der Waals surface area contributed by atoms with Gasteiger partial charge in [-0.3, -0.25) is 4.79 Å². The molecule has 1 N–H and O–H groups in total. The molecule has 0 aliphatic heterocycles. The summed E-state index contributed by atoms with van der Waals surface area (Å²) in [7, 11) is 0. The van der Waals surface area contributed by atoms with E-state index in [9.17, 15) is 4.79 Å². The van der Waals surface area contributed by atoms with Crippen molar-refractivity contribution in [2.75, 3.05) is 5.75 Å². The molecule has 5 nitrogen and oxygen atoms in total. The third kappa shape index (κ3) is 4.60. The zero-order valence-electron chi connectivity index (χ0n) is 12.0. The monoisotopic (exact) mass is 305 g/mol. The highest BCUT2D eigenvalue weighted by Crippen LogP contribution is 2.18. The number of nitrogens with zero attached hydrogens (tertiary/aromatic N) is 2. The van der Waals surface area contributed by atoms with Gasteiger partial charge in [-0.05, 0) is 29.9 Å². The highest BCUT2D eigenvalue weighted by Gasteiger charge is 2.09. The number of benzene rings is 1. The fourth-order valence-electron chi connectivity index (χ4n) is 1.90. The van der Waals surface area contributed by atoms with Crippen LogP contribution in [0.1, 0.15) is 31.2 Å². The first-order valence-electron chi connectivity index (χ1n) is 7.02. The third-order valence-electron chi connectivity index (χ3n) is 2.94. The Labute approximate surface area is 129 Å². The number of hydrogen-bond donors (Lipinski definition) is 2. The Balaban J connectivity index is 2.04. The van der Waals surface area contributed by atoms with Crippen LogP contribution < -0.4 is 5.32 Å². The predicted octanol–water partition coefficient (Wildman–Crippen LogP) is 2.63. The first-order valence-corrected chi connectivity index (χ1v) is 7.65. The lowest BCUT2D eigenvalue weighted by Crippen LogP contribution is -2.22. The van der Waals surface area contributed by atoms with Crippen LogP contribution in [-0.4, -0.2) is 21.8 Å². The minimum Gasteiger partial charge on any atom is -0.352 e. The number of nitrogens with one attached hydrogen (secondary N) is 1. The molecule has 0 saturated heterocycles. The molecule has 21 heavy (non-hydrogen) atoms. The number of aryl methyl sites for hydroxylation is 1. The van der Waals surface area contributed by atoms with Crippen LogP contribution in [0.5, 0.6) is 0 Å². The second-order valence-electron chi connectivity index (χ2n) is 4.72. The van der Waals surface area contributed by atoms with Gasteiger partial charge in [-0.25, -0.2) is 0 Å². The zero-order chi connectivity index (χ0) is 15.1. The SMILES string of the molecule is CCCc1noc(-c2cccc(CNC(=O)CCS)c2)n1. The van der Waals surface area contributed by atoms with Gasteiger partial charge in [-0.15, -0.1) is 0 Å². The second-order valence-corrected chi connectivity index (χ2v) is 5.16. The fraction of sp³-hybridized carbons (Fsp3) is 0.400. The predicted molar refractivity (Wildman–Crippen MR) is 84.0 cm³/mol. The van der Waals surface area contributed by atoms with E-state index in [0.717, 1.165) is 29.8 Å². The molecule has 1 heterocycles. The second kappa shape index (κ2) is 7.83. The molecule has 2 rings (SSSR count). The van der Waals surface area contributed by atoms with Gasteiger partial charge in [0.25, 0.3) is 5.89 Å². The van der Waals surface area contributed by atoms with E-state index in [1.54, 1.807) is 0 Å². The first kappa shape index (κ1) is 15.6. The van der Waals surface area contributed by atoms with Gasteiger partial charge in [0, 0.05) is 24.9 Å². The van der Waals surface area contributed by atoms with Crippen molar-refractivity contribution in [3.8, 4) is 11.5 Å². The molecule has 6 heteroatoms. The lowest BCUT2D eigenvalue weighted by Gasteiger charge is -2.05. The average molecular weight is 305 g/mol. The van der Waals surface area contributed by atoms with E-state index < -0.39 is 0 Å². The van der Waals surface area contributed by atoms with Gasteiger partial charge < -0.3 is 9.84 Å². The molecular weight excluding hydrogens is 286 g/mol. The van der Waals surface area contributed by atoms with Crippen molar-refractivity contribution in [1.82, 2.24) is 15.5 Å². The summed E-state index contributed by atoms with van der Waals surface area (Å²) in [6, 6.07) is 7.74. The summed E-state index contributed by atoms with van der Waals surface area (Å²) in [5.74, 6) is 1.79. The Morgan fingerprint density at radius 2 is 2.29 bits per heavy atom. The Bertz CT molecular complexity index is 598. The molecule has 0 aliphatic carbocycles. The summed E-state index contributed by atoms with van der Waals surface area (Å²) in [6.45, 7) is 2.56. The van der Waals surface area contributed by atoms with Crippen LogP contribution in [0.2, 0.25) is 0 Å². The molecule has 2 aromatic rings. The smallest absolute Gasteiger partial charge is 0.257 e. The van der Waals surface area contributed by atoms with Crippen molar-refractivity contribution in [2.45, 2.75) is 32.7 Å². The highest BCUT2D eigenvalue weighted by molar-refractivity contribution is 7.80. The van der Waals surface area contributed by atoms with Gasteiger partial charge in [-0.1, -0.05) is 24.2 Å². The van der Waals surface area contributed by atoms with E-state index in [1.807, 2.05) is 24.3 Å². The van der Waals surface area contributed by atoms with Crippen LogP contribution in [0.3, 0.4) is 0 Å². The number of thiol groups is 1. The Kier molecular flexibility index (Phi) is 5.80. The molecule has 1 aromatic carbocycles.